The van der Waals surface area contributed by atoms with Crippen LogP contribution < -0.4 is 6.15 Å². The lowest BCUT2D eigenvalue weighted by atomic mass is 10.2. The van der Waals surface area contributed by atoms with Crippen LogP contribution in [0.4, 0.5) is 0 Å². The number of aromatic nitrogens is 1. The number of hydrogen-bond acceptors (Lipinski definition) is 3. The Kier molecular flexibility index (Phi) is 3.69. The largest absolute Gasteiger partial charge is 0.455 e. The van der Waals surface area contributed by atoms with E-state index in [1.54, 1.807) is 18.3 Å². The number of aromatic amines is 1. The van der Waals surface area contributed by atoms with Gasteiger partial charge < -0.3 is 15.9 Å². The van der Waals surface area contributed by atoms with E-state index in [0.717, 1.165) is 0 Å². The van der Waals surface area contributed by atoms with Crippen molar-refractivity contribution in [3.63, 3.8) is 0 Å². The molecule has 1 aromatic heterocycles. The van der Waals surface area contributed by atoms with E-state index < -0.39 is 5.60 Å². The highest BCUT2D eigenvalue weighted by atomic mass is 16.6. The maximum absolute atomic E-state index is 11.3. The summed E-state index contributed by atoms with van der Waals surface area (Å²) in [6.07, 6.45) is 1.69. The summed E-state index contributed by atoms with van der Waals surface area (Å²) in [5, 5.41) is 0. The van der Waals surface area contributed by atoms with Crippen molar-refractivity contribution >= 4 is 5.97 Å². The Bertz CT molecular complexity index is 260. The van der Waals surface area contributed by atoms with Crippen molar-refractivity contribution in [2.24, 2.45) is 0 Å². The molecule has 0 aliphatic heterocycles. The zero-order chi connectivity index (χ0) is 9.19. The Balaban J connectivity index is 0.00000144. The molecule has 0 radical (unpaired) electrons. The number of hydrogen-bond donors (Lipinski definition) is 2. The summed E-state index contributed by atoms with van der Waals surface area (Å²) in [6, 6.07) is 3.45. The number of nitrogens with one attached hydrogen (secondary N) is 1. The van der Waals surface area contributed by atoms with Gasteiger partial charge in [0.2, 0.25) is 0 Å². The van der Waals surface area contributed by atoms with Crippen LogP contribution in [-0.2, 0) is 4.74 Å². The van der Waals surface area contributed by atoms with E-state index in [1.807, 2.05) is 20.8 Å². The molecule has 0 aliphatic rings. The molecule has 0 bridgehead atoms. The first-order valence-electron chi connectivity index (χ1n) is 3.86. The Morgan fingerprint density at radius 2 is 2.08 bits per heavy atom. The molecule has 1 rings (SSSR count). The average molecular weight is 184 g/mol. The Morgan fingerprint density at radius 1 is 1.46 bits per heavy atom. The summed E-state index contributed by atoms with van der Waals surface area (Å²) in [4.78, 5) is 14.1. The maximum Gasteiger partial charge on any atom is 0.355 e. The Hall–Kier alpha value is -1.29. The topological polar surface area (TPSA) is 77.1 Å². The van der Waals surface area contributed by atoms with E-state index in [0.29, 0.717) is 5.69 Å². The van der Waals surface area contributed by atoms with Gasteiger partial charge in [-0.3, -0.25) is 0 Å². The van der Waals surface area contributed by atoms with Crippen LogP contribution in [-0.4, -0.2) is 16.6 Å². The van der Waals surface area contributed by atoms with Crippen molar-refractivity contribution in [3.8, 4) is 0 Å². The van der Waals surface area contributed by atoms with Crippen LogP contribution in [0.25, 0.3) is 0 Å². The van der Waals surface area contributed by atoms with E-state index in [4.69, 9.17) is 4.74 Å². The van der Waals surface area contributed by atoms with Gasteiger partial charge in [-0.05, 0) is 32.9 Å². The van der Waals surface area contributed by atoms with Gasteiger partial charge in [-0.1, -0.05) is 0 Å². The second kappa shape index (κ2) is 4.09. The lowest BCUT2D eigenvalue weighted by Crippen LogP contribution is -2.23. The molecule has 4 heteroatoms. The highest BCUT2D eigenvalue weighted by Crippen LogP contribution is 2.10. The van der Waals surface area contributed by atoms with Crippen molar-refractivity contribution < 1.29 is 9.53 Å². The molecule has 0 amide bonds. The van der Waals surface area contributed by atoms with Gasteiger partial charge in [-0.2, -0.15) is 0 Å². The summed E-state index contributed by atoms with van der Waals surface area (Å²) < 4.78 is 5.11. The van der Waals surface area contributed by atoms with Crippen molar-refractivity contribution in [3.05, 3.63) is 24.0 Å². The van der Waals surface area contributed by atoms with E-state index in [1.165, 1.54) is 0 Å². The fourth-order valence-corrected chi connectivity index (χ4v) is 0.790. The van der Waals surface area contributed by atoms with Gasteiger partial charge in [0.05, 0.1) is 0 Å². The van der Waals surface area contributed by atoms with Crippen LogP contribution in [0.1, 0.15) is 31.3 Å². The summed E-state index contributed by atoms with van der Waals surface area (Å²) in [5.74, 6) is -0.312. The second-order valence-electron chi connectivity index (χ2n) is 3.59. The Labute approximate surface area is 77.9 Å². The van der Waals surface area contributed by atoms with Gasteiger partial charge in [0.1, 0.15) is 11.3 Å². The first kappa shape index (κ1) is 11.7. The summed E-state index contributed by atoms with van der Waals surface area (Å²) in [6.45, 7) is 5.52. The SMILES string of the molecule is CC(C)(C)OC(=O)c1ccc[nH]1.N. The third-order valence-corrected chi connectivity index (χ3v) is 1.22. The number of carbonyl (C=O) groups is 1. The van der Waals surface area contributed by atoms with Crippen LogP contribution >= 0.6 is 0 Å². The van der Waals surface area contributed by atoms with E-state index in [-0.39, 0.29) is 12.1 Å². The van der Waals surface area contributed by atoms with Gasteiger partial charge in [-0.15, -0.1) is 0 Å². The molecule has 1 heterocycles. The van der Waals surface area contributed by atoms with E-state index in [9.17, 15) is 4.79 Å². The monoisotopic (exact) mass is 184 g/mol. The zero-order valence-corrected chi connectivity index (χ0v) is 8.26. The van der Waals surface area contributed by atoms with Gasteiger partial charge in [-0.25, -0.2) is 4.79 Å². The van der Waals surface area contributed by atoms with Crippen LogP contribution in [0.5, 0.6) is 0 Å². The Morgan fingerprint density at radius 3 is 2.46 bits per heavy atom. The van der Waals surface area contributed by atoms with E-state index >= 15 is 0 Å². The van der Waals surface area contributed by atoms with Crippen LogP contribution in [0, 0.1) is 0 Å². The third kappa shape index (κ3) is 3.75. The minimum absolute atomic E-state index is 0. The van der Waals surface area contributed by atoms with Crippen molar-refractivity contribution in [2.45, 2.75) is 26.4 Å². The summed E-state index contributed by atoms with van der Waals surface area (Å²) >= 11 is 0. The average Bonchev–Trinajstić information content (AvgIpc) is 2.32. The smallest absolute Gasteiger partial charge is 0.355 e. The second-order valence-corrected chi connectivity index (χ2v) is 3.59. The van der Waals surface area contributed by atoms with Crippen molar-refractivity contribution in [1.82, 2.24) is 11.1 Å². The minimum Gasteiger partial charge on any atom is -0.455 e. The molecule has 0 fully saturated rings. The summed E-state index contributed by atoms with van der Waals surface area (Å²) in [7, 11) is 0. The first-order valence-corrected chi connectivity index (χ1v) is 3.86. The molecule has 13 heavy (non-hydrogen) atoms. The highest BCUT2D eigenvalue weighted by Gasteiger charge is 2.17. The zero-order valence-electron chi connectivity index (χ0n) is 8.26. The quantitative estimate of drug-likeness (QED) is 0.656. The minimum atomic E-state index is -0.428. The van der Waals surface area contributed by atoms with Crippen molar-refractivity contribution in [2.75, 3.05) is 0 Å². The van der Waals surface area contributed by atoms with E-state index in [2.05, 4.69) is 4.98 Å². The third-order valence-electron chi connectivity index (χ3n) is 1.22. The summed E-state index contributed by atoms with van der Waals surface area (Å²) in [5.41, 5.74) is 0.0623. The molecule has 0 aromatic carbocycles. The van der Waals surface area contributed by atoms with Crippen LogP contribution in [0.3, 0.4) is 0 Å². The molecule has 0 aliphatic carbocycles. The van der Waals surface area contributed by atoms with Gasteiger partial charge in [0, 0.05) is 6.20 Å². The normalized spacial score (nSPS) is 10.4. The highest BCUT2D eigenvalue weighted by molar-refractivity contribution is 5.87. The molecular weight excluding hydrogens is 168 g/mol. The van der Waals surface area contributed by atoms with Gasteiger partial charge in [0.25, 0.3) is 0 Å². The molecule has 4 nitrogen and oxygen atoms in total. The number of rotatable bonds is 1. The lowest BCUT2D eigenvalue weighted by Gasteiger charge is -2.18. The molecule has 0 atom stereocenters. The fourth-order valence-electron chi connectivity index (χ4n) is 0.790. The number of esters is 1. The maximum atomic E-state index is 11.3. The number of carbonyl (C=O) groups excluding carboxylic acids is 1. The predicted octanol–water partition coefficient (Wildman–Crippen LogP) is 2.13. The molecular formula is C9H16N2O2. The molecule has 0 saturated heterocycles. The molecule has 4 N–H and O–H groups in total. The molecule has 0 spiro atoms. The van der Waals surface area contributed by atoms with Crippen LogP contribution in [0.2, 0.25) is 0 Å². The predicted molar refractivity (Wildman–Crippen MR) is 51.0 cm³/mol. The number of H-pyrrole nitrogens is 1. The molecule has 1 aromatic rings. The van der Waals surface area contributed by atoms with Gasteiger partial charge in [0.15, 0.2) is 0 Å². The fraction of sp³-hybridized carbons (Fsp3) is 0.444. The standard InChI is InChI=1S/C9H13NO2.H3N/c1-9(2,3)12-8(11)7-5-4-6-10-7;/h4-6,10H,1-3H3;1H3. The molecule has 0 unspecified atom stereocenters. The van der Waals surface area contributed by atoms with Gasteiger partial charge >= 0.3 is 5.97 Å². The lowest BCUT2D eigenvalue weighted by molar-refractivity contribution is 0.00636. The molecule has 0 saturated carbocycles. The molecule has 74 valence electrons. The van der Waals surface area contributed by atoms with Crippen LogP contribution in [0.15, 0.2) is 18.3 Å². The first-order chi connectivity index (χ1) is 5.49. The number of ether oxygens (including phenoxy) is 1. The van der Waals surface area contributed by atoms with Crippen molar-refractivity contribution in [1.29, 1.82) is 0 Å².